The minimum absolute atomic E-state index is 0.0782. The molecule has 0 unspecified atom stereocenters. The Kier molecular flexibility index (Phi) is 4.65. The summed E-state index contributed by atoms with van der Waals surface area (Å²) >= 11 is 0. The number of aromatic nitrogens is 1. The molecule has 0 saturated heterocycles. The minimum Gasteiger partial charge on any atom is -0.355 e. The molecule has 4 rings (SSSR count). The van der Waals surface area contributed by atoms with E-state index in [4.69, 9.17) is 4.74 Å². The molecular weight excluding hydrogens is 354 g/mol. The van der Waals surface area contributed by atoms with Crippen LogP contribution in [-0.2, 0) is 10.3 Å². The standard InChI is InChI=1S/C22H23N3O3/c1-3-22(4-2)18-8-5-6-9-19(18)23-21(28-22)20-10-7-15-24(20)16-11-13-17(14-12-16)25(26)27/h5-15,21,23H,3-4H2,1-2H3/t21-/m0/s1. The third kappa shape index (κ3) is 2.96. The van der Waals surface area contributed by atoms with Crippen molar-refractivity contribution in [3.05, 3.63) is 88.2 Å². The van der Waals surface area contributed by atoms with E-state index >= 15 is 0 Å². The zero-order valence-electron chi connectivity index (χ0n) is 16.0. The number of fused-ring (bicyclic) bond motifs is 1. The maximum absolute atomic E-state index is 10.9. The lowest BCUT2D eigenvalue weighted by Gasteiger charge is -2.43. The van der Waals surface area contributed by atoms with Gasteiger partial charge in [-0.2, -0.15) is 0 Å². The fraction of sp³-hybridized carbons (Fsp3) is 0.273. The van der Waals surface area contributed by atoms with Gasteiger partial charge in [0.2, 0.25) is 0 Å². The number of hydrogen-bond donors (Lipinski definition) is 1. The van der Waals surface area contributed by atoms with Gasteiger partial charge in [0.05, 0.1) is 16.2 Å². The summed E-state index contributed by atoms with van der Waals surface area (Å²) in [6, 6.07) is 18.8. The SMILES string of the molecule is CCC1(CC)O[C@@H](c2cccn2-c2ccc([N+](=O)[O-])cc2)Nc2ccccc21. The number of rotatable bonds is 5. The highest BCUT2D eigenvalue weighted by Crippen LogP contribution is 2.46. The quantitative estimate of drug-likeness (QED) is 0.468. The second-order valence-corrected chi connectivity index (χ2v) is 6.97. The van der Waals surface area contributed by atoms with Gasteiger partial charge in [-0.3, -0.25) is 10.1 Å². The molecule has 2 heterocycles. The van der Waals surface area contributed by atoms with Crippen molar-refractivity contribution in [3.8, 4) is 5.69 Å². The zero-order chi connectivity index (χ0) is 19.7. The highest BCUT2D eigenvalue weighted by Gasteiger charge is 2.39. The van der Waals surface area contributed by atoms with E-state index in [1.54, 1.807) is 12.1 Å². The summed E-state index contributed by atoms with van der Waals surface area (Å²) in [6.07, 6.45) is 3.37. The van der Waals surface area contributed by atoms with Crippen molar-refractivity contribution < 1.29 is 9.66 Å². The van der Waals surface area contributed by atoms with Gasteiger partial charge in [0.25, 0.3) is 5.69 Å². The Labute approximate surface area is 163 Å². The molecule has 144 valence electrons. The Morgan fingerprint density at radius 1 is 1.07 bits per heavy atom. The number of hydrogen-bond acceptors (Lipinski definition) is 4. The molecule has 6 heteroatoms. The van der Waals surface area contributed by atoms with Crippen LogP contribution in [0, 0.1) is 10.1 Å². The lowest BCUT2D eigenvalue weighted by atomic mass is 9.85. The number of para-hydroxylation sites is 1. The van der Waals surface area contributed by atoms with E-state index in [-0.39, 0.29) is 22.4 Å². The van der Waals surface area contributed by atoms with Crippen molar-refractivity contribution in [1.29, 1.82) is 0 Å². The monoisotopic (exact) mass is 377 g/mol. The molecule has 0 amide bonds. The minimum atomic E-state index is -0.389. The average Bonchev–Trinajstić information content (AvgIpc) is 3.23. The molecule has 0 saturated carbocycles. The van der Waals surface area contributed by atoms with Gasteiger partial charge in [-0.1, -0.05) is 32.0 Å². The van der Waals surface area contributed by atoms with Crippen LogP contribution in [0.5, 0.6) is 0 Å². The van der Waals surface area contributed by atoms with Crippen molar-refractivity contribution in [2.45, 2.75) is 38.5 Å². The maximum Gasteiger partial charge on any atom is 0.269 e. The fourth-order valence-corrected chi connectivity index (χ4v) is 3.98. The van der Waals surface area contributed by atoms with Crippen molar-refractivity contribution >= 4 is 11.4 Å². The van der Waals surface area contributed by atoms with Crippen LogP contribution >= 0.6 is 0 Å². The number of non-ortho nitro benzene ring substituents is 1. The summed E-state index contributed by atoms with van der Waals surface area (Å²) in [5, 5.41) is 14.4. The van der Waals surface area contributed by atoms with Crippen LogP contribution < -0.4 is 5.32 Å². The molecule has 0 fully saturated rings. The normalized spacial score (nSPS) is 17.6. The van der Waals surface area contributed by atoms with E-state index in [2.05, 4.69) is 31.3 Å². The highest BCUT2D eigenvalue weighted by atomic mass is 16.6. The number of nitrogens with one attached hydrogen (secondary N) is 1. The molecule has 1 aromatic heterocycles. The molecule has 1 aliphatic rings. The van der Waals surface area contributed by atoms with Crippen LogP contribution in [0.15, 0.2) is 66.9 Å². The van der Waals surface area contributed by atoms with Gasteiger partial charge in [-0.15, -0.1) is 0 Å². The molecular formula is C22H23N3O3. The second kappa shape index (κ2) is 7.13. The first-order chi connectivity index (χ1) is 13.6. The third-order valence-electron chi connectivity index (χ3n) is 5.58. The summed E-state index contributed by atoms with van der Waals surface area (Å²) in [5.41, 5.74) is 3.80. The maximum atomic E-state index is 10.9. The van der Waals surface area contributed by atoms with Crippen molar-refractivity contribution in [3.63, 3.8) is 0 Å². The van der Waals surface area contributed by atoms with E-state index in [0.717, 1.165) is 29.9 Å². The molecule has 0 radical (unpaired) electrons. The van der Waals surface area contributed by atoms with Crippen LogP contribution in [0.25, 0.3) is 5.69 Å². The van der Waals surface area contributed by atoms with E-state index in [0.29, 0.717) is 0 Å². The summed E-state index contributed by atoms with van der Waals surface area (Å²) in [6.45, 7) is 4.30. The molecule has 1 N–H and O–H groups in total. The van der Waals surface area contributed by atoms with Gasteiger partial charge in [0.15, 0.2) is 6.23 Å². The molecule has 0 aliphatic carbocycles. The van der Waals surface area contributed by atoms with Crippen LogP contribution in [0.4, 0.5) is 11.4 Å². The number of benzene rings is 2. The van der Waals surface area contributed by atoms with E-state index in [9.17, 15) is 10.1 Å². The van der Waals surface area contributed by atoms with Crippen LogP contribution in [0.3, 0.4) is 0 Å². The van der Waals surface area contributed by atoms with Gasteiger partial charge in [-0.05, 0) is 43.2 Å². The Morgan fingerprint density at radius 2 is 1.79 bits per heavy atom. The Balaban J connectivity index is 1.73. The lowest BCUT2D eigenvalue weighted by Crippen LogP contribution is -2.38. The van der Waals surface area contributed by atoms with E-state index in [1.807, 2.05) is 35.0 Å². The first-order valence-electron chi connectivity index (χ1n) is 9.54. The van der Waals surface area contributed by atoms with E-state index < -0.39 is 0 Å². The van der Waals surface area contributed by atoms with Crippen LogP contribution in [0.1, 0.15) is 44.2 Å². The molecule has 0 spiro atoms. The number of anilines is 1. The van der Waals surface area contributed by atoms with Crippen LogP contribution in [-0.4, -0.2) is 9.49 Å². The molecule has 1 aliphatic heterocycles. The summed E-state index contributed by atoms with van der Waals surface area (Å²) in [5.74, 6) is 0. The van der Waals surface area contributed by atoms with Crippen LogP contribution in [0.2, 0.25) is 0 Å². The summed E-state index contributed by atoms with van der Waals surface area (Å²) < 4.78 is 8.63. The van der Waals surface area contributed by atoms with Crippen molar-refractivity contribution in [1.82, 2.24) is 4.57 Å². The zero-order valence-corrected chi connectivity index (χ0v) is 16.0. The Bertz CT molecular complexity index is 990. The first kappa shape index (κ1) is 18.3. The second-order valence-electron chi connectivity index (χ2n) is 6.97. The van der Waals surface area contributed by atoms with E-state index in [1.165, 1.54) is 17.7 Å². The largest absolute Gasteiger partial charge is 0.355 e. The Morgan fingerprint density at radius 3 is 2.46 bits per heavy atom. The molecule has 1 atom stereocenters. The number of nitro groups is 1. The topological polar surface area (TPSA) is 69.3 Å². The van der Waals surface area contributed by atoms with Gasteiger partial charge in [0.1, 0.15) is 0 Å². The van der Waals surface area contributed by atoms with Crippen molar-refractivity contribution in [2.75, 3.05) is 5.32 Å². The number of nitrogens with zero attached hydrogens (tertiary/aromatic N) is 2. The van der Waals surface area contributed by atoms with Crippen molar-refractivity contribution in [2.24, 2.45) is 0 Å². The number of ether oxygens (including phenoxy) is 1. The van der Waals surface area contributed by atoms with Gasteiger partial charge < -0.3 is 14.6 Å². The summed E-state index contributed by atoms with van der Waals surface area (Å²) in [7, 11) is 0. The molecule has 3 aromatic rings. The van der Waals surface area contributed by atoms with Gasteiger partial charge in [0, 0.05) is 35.3 Å². The Hall–Kier alpha value is -3.12. The highest BCUT2D eigenvalue weighted by molar-refractivity contribution is 5.57. The molecule has 0 bridgehead atoms. The summed E-state index contributed by atoms with van der Waals surface area (Å²) in [4.78, 5) is 10.5. The molecule has 28 heavy (non-hydrogen) atoms. The van der Waals surface area contributed by atoms with Gasteiger partial charge >= 0.3 is 0 Å². The molecule has 2 aromatic carbocycles. The average molecular weight is 377 g/mol. The predicted octanol–water partition coefficient (Wildman–Crippen LogP) is 5.54. The lowest BCUT2D eigenvalue weighted by molar-refractivity contribution is -0.384. The smallest absolute Gasteiger partial charge is 0.269 e. The molecule has 6 nitrogen and oxygen atoms in total. The van der Waals surface area contributed by atoms with Gasteiger partial charge in [-0.25, -0.2) is 0 Å². The fourth-order valence-electron chi connectivity index (χ4n) is 3.98. The predicted molar refractivity (Wildman–Crippen MR) is 109 cm³/mol. The number of nitro benzene ring substituents is 1. The third-order valence-corrected chi connectivity index (χ3v) is 5.58. The first-order valence-corrected chi connectivity index (χ1v) is 9.54.